The Hall–Kier alpha value is -4.41. The van der Waals surface area contributed by atoms with Crippen LogP contribution in [0.3, 0.4) is 0 Å². The van der Waals surface area contributed by atoms with E-state index in [-0.39, 0.29) is 37.2 Å². The molecule has 0 N–H and O–H groups in total. The maximum Gasteiger partial charge on any atom is 0.203 e. The number of ether oxygens (including phenoxy) is 5. The van der Waals surface area contributed by atoms with Crippen molar-refractivity contribution in [1.82, 2.24) is 14.9 Å². The third-order valence-corrected chi connectivity index (χ3v) is 9.14. The summed E-state index contributed by atoms with van der Waals surface area (Å²) in [4.78, 5) is 14.4. The molecule has 12 heteroatoms. The Morgan fingerprint density at radius 1 is 0.615 bits per heavy atom. The zero-order valence-corrected chi connectivity index (χ0v) is 32.6. The minimum atomic E-state index is 0. The Morgan fingerprint density at radius 2 is 1.21 bits per heavy atom. The molecule has 6 rings (SSSR count). The molecule has 0 unspecified atom stereocenters. The molecule has 3 heterocycles. The molecule has 52 heavy (non-hydrogen) atoms. The van der Waals surface area contributed by atoms with Crippen LogP contribution in [0.25, 0.3) is 22.5 Å². The van der Waals surface area contributed by atoms with Gasteiger partial charge in [0.2, 0.25) is 5.75 Å². The van der Waals surface area contributed by atoms with Crippen LogP contribution in [-0.2, 0) is 13.1 Å². The summed E-state index contributed by atoms with van der Waals surface area (Å²) in [5.41, 5.74) is 7.36. The number of benzene rings is 3. The lowest BCUT2D eigenvalue weighted by atomic mass is 10.00. The van der Waals surface area contributed by atoms with E-state index in [9.17, 15) is 0 Å². The average Bonchev–Trinajstić information content (AvgIpc) is 3.17. The number of piperidine rings is 1. The highest BCUT2D eigenvalue weighted by molar-refractivity contribution is 5.86. The molecule has 0 bridgehead atoms. The van der Waals surface area contributed by atoms with Gasteiger partial charge in [-0.05, 0) is 96.8 Å². The molecular weight excluding hydrogens is 723 g/mol. The summed E-state index contributed by atoms with van der Waals surface area (Å²) in [6, 6.07) is 29.3. The second-order valence-corrected chi connectivity index (χ2v) is 12.1. The van der Waals surface area contributed by atoms with Crippen LogP contribution < -0.4 is 28.6 Å². The second-order valence-electron chi connectivity index (χ2n) is 12.1. The van der Waals surface area contributed by atoms with E-state index in [0.717, 1.165) is 73.0 Å². The molecule has 0 radical (unpaired) electrons. The first kappa shape index (κ1) is 42.0. The van der Waals surface area contributed by atoms with Crippen molar-refractivity contribution < 1.29 is 23.7 Å². The number of aromatic nitrogens is 2. The first-order valence-corrected chi connectivity index (χ1v) is 16.5. The highest BCUT2D eigenvalue weighted by Crippen LogP contribution is 2.41. The molecule has 0 amide bonds. The molecule has 278 valence electrons. The van der Waals surface area contributed by atoms with Gasteiger partial charge < -0.3 is 28.6 Å². The Balaban J connectivity index is 0.00000243. The molecular formula is C40H47Cl3N4O5. The lowest BCUT2D eigenvalue weighted by Gasteiger charge is -2.40. The number of likely N-dealkylation sites (tertiary alicyclic amines) is 1. The number of hydrogen-bond donors (Lipinski definition) is 0. The summed E-state index contributed by atoms with van der Waals surface area (Å²) in [6.07, 6.45) is 5.87. The predicted molar refractivity (Wildman–Crippen MR) is 215 cm³/mol. The van der Waals surface area contributed by atoms with E-state index in [4.69, 9.17) is 23.7 Å². The number of rotatable bonds is 13. The normalized spacial score (nSPS) is 12.7. The smallest absolute Gasteiger partial charge is 0.203 e. The lowest BCUT2D eigenvalue weighted by molar-refractivity contribution is 0.201. The monoisotopic (exact) mass is 768 g/mol. The van der Waals surface area contributed by atoms with Crippen molar-refractivity contribution in [2.75, 3.05) is 53.5 Å². The maximum absolute atomic E-state index is 5.58. The topological polar surface area (TPSA) is 78.4 Å². The number of hydrogen-bond acceptors (Lipinski definition) is 9. The molecule has 2 aromatic heterocycles. The fourth-order valence-electron chi connectivity index (χ4n) is 6.52. The van der Waals surface area contributed by atoms with Gasteiger partial charge in [-0.25, -0.2) is 0 Å². The molecule has 0 atom stereocenters. The van der Waals surface area contributed by atoms with E-state index in [0.29, 0.717) is 23.3 Å². The molecule has 0 saturated carbocycles. The minimum Gasteiger partial charge on any atom is -0.497 e. The molecule has 9 nitrogen and oxygen atoms in total. The fourth-order valence-corrected chi connectivity index (χ4v) is 6.52. The summed E-state index contributed by atoms with van der Waals surface area (Å²) in [5, 5.41) is 0. The highest BCUT2D eigenvalue weighted by Gasteiger charge is 2.26. The molecule has 0 spiro atoms. The van der Waals surface area contributed by atoms with Crippen LogP contribution in [0.4, 0.5) is 5.69 Å². The Morgan fingerprint density at radius 3 is 1.81 bits per heavy atom. The van der Waals surface area contributed by atoms with Gasteiger partial charge in [0.25, 0.3) is 0 Å². The Labute approximate surface area is 325 Å². The van der Waals surface area contributed by atoms with E-state index in [2.05, 4.69) is 62.2 Å². The number of halogens is 3. The van der Waals surface area contributed by atoms with Crippen LogP contribution >= 0.6 is 37.2 Å². The maximum atomic E-state index is 5.58. The van der Waals surface area contributed by atoms with Crippen LogP contribution in [0.15, 0.2) is 97.3 Å². The van der Waals surface area contributed by atoms with Gasteiger partial charge >= 0.3 is 0 Å². The van der Waals surface area contributed by atoms with Crippen molar-refractivity contribution in [2.24, 2.45) is 0 Å². The van der Waals surface area contributed by atoms with Crippen LogP contribution in [0.1, 0.15) is 24.0 Å². The van der Waals surface area contributed by atoms with Crippen LogP contribution in [0, 0.1) is 0 Å². The van der Waals surface area contributed by atoms with E-state index >= 15 is 0 Å². The summed E-state index contributed by atoms with van der Waals surface area (Å²) >= 11 is 0. The average molecular weight is 770 g/mol. The number of anilines is 1. The first-order chi connectivity index (χ1) is 24.0. The molecule has 0 aliphatic carbocycles. The molecule has 1 saturated heterocycles. The minimum absolute atomic E-state index is 0. The molecule has 1 fully saturated rings. The molecule has 1 aliphatic rings. The van der Waals surface area contributed by atoms with Crippen molar-refractivity contribution in [1.29, 1.82) is 0 Å². The third-order valence-electron chi connectivity index (χ3n) is 9.14. The van der Waals surface area contributed by atoms with E-state index in [1.165, 1.54) is 16.8 Å². The lowest BCUT2D eigenvalue weighted by Crippen LogP contribution is -2.44. The Bertz CT molecular complexity index is 1830. The summed E-state index contributed by atoms with van der Waals surface area (Å²) in [7, 11) is 8.25. The van der Waals surface area contributed by atoms with Gasteiger partial charge in [-0.1, -0.05) is 12.1 Å². The number of nitrogens with zero attached hydrogens (tertiary/aromatic N) is 4. The standard InChI is InChI=1S/C40H44N4O5.3ClH/c1-45-34-11-9-32(10-12-34)44(27-29-14-18-41-36(22-29)30-7-6-8-35(23-30)46-2)33-15-19-43(20-16-33)26-28-13-17-42-37(21-28)31-24-38(47-3)40(49-5)39(25-31)48-4;;;/h6-14,17-18,21-25,33H,15-16,19-20,26-27H2,1-5H3;3*1H. The van der Waals surface area contributed by atoms with Crippen molar-refractivity contribution in [2.45, 2.75) is 32.0 Å². The Kier molecular flexibility index (Phi) is 16.2. The van der Waals surface area contributed by atoms with Gasteiger partial charge in [-0.2, -0.15) is 0 Å². The van der Waals surface area contributed by atoms with Crippen LogP contribution in [-0.4, -0.2) is 69.5 Å². The summed E-state index contributed by atoms with van der Waals surface area (Å²) < 4.78 is 27.6. The van der Waals surface area contributed by atoms with Crippen molar-refractivity contribution in [3.63, 3.8) is 0 Å². The number of pyridine rings is 2. The number of methoxy groups -OCH3 is 5. The fraction of sp³-hybridized carbons (Fsp3) is 0.300. The van der Waals surface area contributed by atoms with E-state index < -0.39 is 0 Å². The summed E-state index contributed by atoms with van der Waals surface area (Å²) in [5.74, 6) is 3.45. The zero-order valence-electron chi connectivity index (χ0n) is 30.1. The summed E-state index contributed by atoms with van der Waals surface area (Å²) in [6.45, 7) is 3.61. The van der Waals surface area contributed by atoms with Crippen molar-refractivity contribution in [3.05, 3.63) is 108 Å². The van der Waals surface area contributed by atoms with Crippen LogP contribution in [0.2, 0.25) is 0 Å². The van der Waals surface area contributed by atoms with E-state index in [1.807, 2.05) is 54.9 Å². The molecule has 3 aromatic carbocycles. The third kappa shape index (κ3) is 9.92. The van der Waals surface area contributed by atoms with Gasteiger partial charge in [0.1, 0.15) is 11.5 Å². The van der Waals surface area contributed by atoms with E-state index in [1.54, 1.807) is 35.5 Å². The highest BCUT2D eigenvalue weighted by atomic mass is 35.5. The zero-order chi connectivity index (χ0) is 34.2. The van der Waals surface area contributed by atoms with Gasteiger partial charge in [-0.3, -0.25) is 14.9 Å². The molecule has 1 aliphatic heterocycles. The van der Waals surface area contributed by atoms with Gasteiger partial charge in [0, 0.05) is 61.4 Å². The van der Waals surface area contributed by atoms with Gasteiger partial charge in [-0.15, -0.1) is 37.2 Å². The largest absolute Gasteiger partial charge is 0.497 e. The van der Waals surface area contributed by atoms with Crippen molar-refractivity contribution >= 4 is 42.9 Å². The second kappa shape index (κ2) is 20.0. The van der Waals surface area contributed by atoms with Crippen molar-refractivity contribution in [3.8, 4) is 51.3 Å². The van der Waals surface area contributed by atoms with Gasteiger partial charge in [0.15, 0.2) is 11.5 Å². The predicted octanol–water partition coefficient (Wildman–Crippen LogP) is 8.79. The first-order valence-electron chi connectivity index (χ1n) is 16.5. The molecule has 5 aromatic rings. The quantitative estimate of drug-likeness (QED) is 0.117. The van der Waals surface area contributed by atoms with Crippen LogP contribution in [0.5, 0.6) is 28.7 Å². The van der Waals surface area contributed by atoms with Gasteiger partial charge in [0.05, 0.1) is 46.9 Å². The SMILES string of the molecule is COc1ccc(N(Cc2ccnc(-c3cccc(OC)c3)c2)C2CCN(Cc3ccnc(-c4cc(OC)c(OC)c(OC)c4)c3)CC2)cc1.Cl.Cl.Cl.